The summed E-state index contributed by atoms with van der Waals surface area (Å²) < 4.78 is 95.1. The molecule has 0 spiro atoms. The van der Waals surface area contributed by atoms with Crippen LogP contribution in [-0.4, -0.2) is 66.5 Å². The van der Waals surface area contributed by atoms with Gasteiger partial charge in [-0.2, -0.15) is 26.3 Å². The molecule has 2 aromatic carbocycles. The van der Waals surface area contributed by atoms with E-state index in [1.165, 1.54) is 45.3 Å². The van der Waals surface area contributed by atoms with Crippen LogP contribution in [0.25, 0.3) is 11.1 Å². The Balaban J connectivity index is 0.000000748. The lowest BCUT2D eigenvalue weighted by Gasteiger charge is -2.32. The summed E-state index contributed by atoms with van der Waals surface area (Å²) >= 11 is 0. The molecule has 2 atom stereocenters. The van der Waals surface area contributed by atoms with E-state index >= 15 is 0 Å². The third-order valence-corrected chi connectivity index (χ3v) is 8.38. The number of aliphatic hydroxyl groups excluding tert-OH is 2. The highest BCUT2D eigenvalue weighted by molar-refractivity contribution is 6.03. The number of carbonyl (C=O) groups is 1. The minimum absolute atomic E-state index is 0.0150. The van der Waals surface area contributed by atoms with Crippen molar-refractivity contribution in [1.29, 1.82) is 0 Å². The molecule has 1 aromatic heterocycles. The van der Waals surface area contributed by atoms with Crippen molar-refractivity contribution in [2.24, 2.45) is 0 Å². The molecule has 0 radical (unpaired) electrons. The van der Waals surface area contributed by atoms with Gasteiger partial charge in [-0.1, -0.05) is 6.07 Å². The van der Waals surface area contributed by atoms with Gasteiger partial charge in [0.25, 0.3) is 0 Å². The first-order valence-electron chi connectivity index (χ1n) is 15.0. The predicted octanol–water partition coefficient (Wildman–Crippen LogP) is 6.09. The number of pyridine rings is 1. The first-order chi connectivity index (χ1) is 21.8. The lowest BCUT2D eigenvalue weighted by atomic mass is 9.81. The number of hydrogen-bond acceptors (Lipinski definition) is 6. The fraction of sp³-hybridized carbons (Fsp3) is 0.455. The quantitative estimate of drug-likeness (QED) is 0.285. The highest BCUT2D eigenvalue weighted by Gasteiger charge is 2.41. The lowest BCUT2D eigenvalue weighted by Crippen LogP contribution is -2.42. The van der Waals surface area contributed by atoms with Crippen molar-refractivity contribution in [2.75, 3.05) is 43.0 Å². The fourth-order valence-electron chi connectivity index (χ4n) is 5.58. The van der Waals surface area contributed by atoms with Gasteiger partial charge < -0.3 is 25.3 Å². The highest BCUT2D eigenvalue weighted by atomic mass is 19.4. The van der Waals surface area contributed by atoms with Gasteiger partial charge >= 0.3 is 12.4 Å². The van der Waals surface area contributed by atoms with Gasteiger partial charge in [-0.3, -0.25) is 4.79 Å². The standard InChI is InChI=1S/C29H28F7N3O2.C4H9NO/c1-16-9-20(30)5-6-22(16)23-13-25(39-8-7-21(40)15-39)37-14-24(23)38(4)26(41)27(2,3)17-10-18(28(31,32)33)12-19(11-17)29(34,35)36;6-4-1-2-5-3-4/h5-6,9-14,21,40H,7-8,15H2,1-4H3;4-6H,1-3H2/t21-;4-/m00/s1. The van der Waals surface area contributed by atoms with Gasteiger partial charge in [0.2, 0.25) is 5.91 Å². The molecule has 3 heterocycles. The Morgan fingerprint density at radius 1 is 0.915 bits per heavy atom. The van der Waals surface area contributed by atoms with Crippen molar-refractivity contribution < 1.29 is 45.7 Å². The second-order valence-electron chi connectivity index (χ2n) is 12.3. The van der Waals surface area contributed by atoms with Crippen LogP contribution >= 0.6 is 0 Å². The molecule has 47 heavy (non-hydrogen) atoms. The number of aryl methyl sites for hydroxylation is 1. The van der Waals surface area contributed by atoms with Crippen LogP contribution in [-0.2, 0) is 22.6 Å². The topological polar surface area (TPSA) is 88.9 Å². The average molecular weight is 671 g/mol. The molecule has 7 nitrogen and oxygen atoms in total. The molecule has 1 amide bonds. The Labute approximate surface area is 268 Å². The normalized spacial score (nSPS) is 18.6. The van der Waals surface area contributed by atoms with E-state index in [9.17, 15) is 40.6 Å². The summed E-state index contributed by atoms with van der Waals surface area (Å²) in [5.41, 5.74) is -3.61. The number of nitrogens with zero attached hydrogens (tertiary/aromatic N) is 3. The molecule has 0 bridgehead atoms. The zero-order chi connectivity index (χ0) is 34.9. The van der Waals surface area contributed by atoms with Gasteiger partial charge in [-0.25, -0.2) is 9.37 Å². The molecular formula is C33H37F7N4O3. The number of benzene rings is 2. The van der Waals surface area contributed by atoms with Crippen molar-refractivity contribution in [3.63, 3.8) is 0 Å². The summed E-state index contributed by atoms with van der Waals surface area (Å²) in [5, 5.41) is 21.7. The predicted molar refractivity (Wildman–Crippen MR) is 164 cm³/mol. The fourth-order valence-corrected chi connectivity index (χ4v) is 5.58. The second kappa shape index (κ2) is 13.8. The molecule has 0 saturated carbocycles. The summed E-state index contributed by atoms with van der Waals surface area (Å²) in [6, 6.07) is 6.82. The van der Waals surface area contributed by atoms with Gasteiger partial charge in [0.15, 0.2) is 0 Å². The first-order valence-corrected chi connectivity index (χ1v) is 15.0. The number of aliphatic hydroxyl groups is 2. The van der Waals surface area contributed by atoms with E-state index in [-0.39, 0.29) is 17.9 Å². The number of alkyl halides is 6. The maximum atomic E-state index is 13.9. The number of likely N-dealkylation sites (N-methyl/N-ethyl adjacent to an activating group) is 1. The van der Waals surface area contributed by atoms with E-state index in [0.29, 0.717) is 54.2 Å². The van der Waals surface area contributed by atoms with Gasteiger partial charge in [0.1, 0.15) is 11.6 Å². The summed E-state index contributed by atoms with van der Waals surface area (Å²) in [6.45, 7) is 6.78. The van der Waals surface area contributed by atoms with Crippen molar-refractivity contribution in [3.05, 3.63) is 76.7 Å². The van der Waals surface area contributed by atoms with E-state index in [2.05, 4.69) is 10.3 Å². The van der Waals surface area contributed by atoms with Gasteiger partial charge in [0.05, 0.1) is 40.6 Å². The number of nitrogens with one attached hydrogen (secondary N) is 1. The van der Waals surface area contributed by atoms with Crippen molar-refractivity contribution >= 4 is 17.4 Å². The molecule has 5 rings (SSSR count). The van der Waals surface area contributed by atoms with Crippen LogP contribution in [0.3, 0.4) is 0 Å². The Bertz CT molecular complexity index is 1560. The molecule has 2 aliphatic heterocycles. The minimum Gasteiger partial charge on any atom is -0.392 e. The van der Waals surface area contributed by atoms with Gasteiger partial charge in [-0.15, -0.1) is 0 Å². The number of rotatable bonds is 5. The van der Waals surface area contributed by atoms with Gasteiger partial charge in [-0.05, 0) is 93.2 Å². The Morgan fingerprint density at radius 3 is 2.00 bits per heavy atom. The molecule has 3 aromatic rings. The van der Waals surface area contributed by atoms with Crippen LogP contribution in [0.4, 0.5) is 42.2 Å². The summed E-state index contributed by atoms with van der Waals surface area (Å²) in [4.78, 5) is 21.2. The van der Waals surface area contributed by atoms with E-state index in [1.807, 2.05) is 4.90 Å². The SMILES string of the molecule is Cc1cc(F)ccc1-c1cc(N2CC[C@H](O)C2)ncc1N(C)C(=O)C(C)(C)c1cc(C(F)(F)F)cc(C(F)(F)F)c1.O[C@H]1CCNC1. The third kappa shape index (κ3) is 8.40. The maximum absolute atomic E-state index is 13.9. The number of β-amino-alcohol motifs (C(OH)–C–C–N with tert-alkyl or cyclic N) is 2. The highest BCUT2D eigenvalue weighted by Crippen LogP contribution is 2.41. The van der Waals surface area contributed by atoms with Crippen LogP contribution in [0.1, 0.15) is 48.9 Å². The third-order valence-electron chi connectivity index (χ3n) is 8.38. The monoisotopic (exact) mass is 670 g/mol. The maximum Gasteiger partial charge on any atom is 0.416 e. The number of halogens is 7. The average Bonchev–Trinajstić information content (AvgIpc) is 3.66. The van der Waals surface area contributed by atoms with E-state index in [1.54, 1.807) is 13.0 Å². The number of anilines is 2. The van der Waals surface area contributed by atoms with Crippen molar-refractivity contribution in [3.8, 4) is 11.1 Å². The second-order valence-corrected chi connectivity index (χ2v) is 12.3. The molecule has 3 N–H and O–H groups in total. The van der Waals surface area contributed by atoms with Crippen LogP contribution in [0, 0.1) is 12.7 Å². The minimum atomic E-state index is -5.07. The summed E-state index contributed by atoms with van der Waals surface area (Å²) in [7, 11) is 1.35. The summed E-state index contributed by atoms with van der Waals surface area (Å²) in [6.07, 6.45) is -7.93. The smallest absolute Gasteiger partial charge is 0.392 e. The molecule has 14 heteroatoms. The molecule has 0 aliphatic carbocycles. The Kier molecular flexibility index (Phi) is 10.6. The number of amides is 1. The van der Waals surface area contributed by atoms with Crippen molar-refractivity contribution in [2.45, 2.75) is 63.6 Å². The van der Waals surface area contributed by atoms with Crippen LogP contribution < -0.4 is 15.1 Å². The largest absolute Gasteiger partial charge is 0.416 e. The van der Waals surface area contributed by atoms with E-state index < -0.39 is 52.3 Å². The molecular weight excluding hydrogens is 633 g/mol. The molecule has 2 saturated heterocycles. The van der Waals surface area contributed by atoms with Crippen molar-refractivity contribution in [1.82, 2.24) is 10.3 Å². The zero-order valence-electron chi connectivity index (χ0n) is 26.3. The van der Waals surface area contributed by atoms with Gasteiger partial charge in [0, 0.05) is 32.2 Å². The number of carbonyl (C=O) groups excluding carboxylic acids is 1. The first kappa shape index (κ1) is 36.1. The van der Waals surface area contributed by atoms with E-state index in [4.69, 9.17) is 5.11 Å². The Morgan fingerprint density at radius 2 is 1.53 bits per heavy atom. The van der Waals surface area contributed by atoms with Crippen LogP contribution in [0.2, 0.25) is 0 Å². The van der Waals surface area contributed by atoms with E-state index in [0.717, 1.165) is 24.4 Å². The number of hydrogen-bond donors (Lipinski definition) is 3. The van der Waals surface area contributed by atoms with Crippen LogP contribution in [0.15, 0.2) is 48.7 Å². The molecule has 2 aliphatic rings. The van der Waals surface area contributed by atoms with Crippen LogP contribution in [0.5, 0.6) is 0 Å². The summed E-state index contributed by atoms with van der Waals surface area (Å²) in [5.74, 6) is -0.797. The lowest BCUT2D eigenvalue weighted by molar-refractivity contribution is -0.143. The zero-order valence-corrected chi connectivity index (χ0v) is 26.3. The Hall–Kier alpha value is -3.75. The molecule has 2 fully saturated rings. The molecule has 0 unspecified atom stereocenters. The molecule has 256 valence electrons. The number of aromatic nitrogens is 1.